The lowest BCUT2D eigenvalue weighted by atomic mass is 9.93. The predicted molar refractivity (Wildman–Crippen MR) is 156 cm³/mol. The number of H-pyrrole nitrogens is 1. The average molecular weight is 560 g/mol. The number of amides is 1. The molecule has 40 heavy (non-hydrogen) atoms. The smallest absolute Gasteiger partial charge is 0.273 e. The number of aryl methyl sites for hydroxylation is 2. The quantitative estimate of drug-likeness (QED) is 0.198. The van der Waals surface area contributed by atoms with Gasteiger partial charge < -0.3 is 19.5 Å². The number of ether oxygens (including phenoxy) is 2. The number of hydrogen-bond acceptors (Lipinski definition) is 5. The number of aromatic hydroxyl groups is 1. The van der Waals surface area contributed by atoms with E-state index in [0.29, 0.717) is 58.8 Å². The van der Waals surface area contributed by atoms with E-state index < -0.39 is 6.04 Å². The molecule has 1 atom stereocenters. The van der Waals surface area contributed by atoms with Crippen molar-refractivity contribution in [2.75, 3.05) is 13.2 Å². The van der Waals surface area contributed by atoms with E-state index in [1.54, 1.807) is 11.0 Å². The van der Waals surface area contributed by atoms with E-state index in [4.69, 9.17) is 21.1 Å². The third-order valence-electron chi connectivity index (χ3n) is 7.20. The Morgan fingerprint density at radius 2 is 1.85 bits per heavy atom. The third-order valence-corrected chi connectivity index (χ3v) is 7.57. The van der Waals surface area contributed by atoms with Gasteiger partial charge in [-0.25, -0.2) is 0 Å². The molecule has 8 heteroatoms. The molecule has 0 bridgehead atoms. The highest BCUT2D eigenvalue weighted by molar-refractivity contribution is 6.31. The van der Waals surface area contributed by atoms with Crippen LogP contribution in [0.15, 0.2) is 54.6 Å². The minimum atomic E-state index is -0.503. The molecular formula is C32H34ClN3O4. The van der Waals surface area contributed by atoms with E-state index in [-0.39, 0.29) is 11.7 Å². The highest BCUT2D eigenvalue weighted by atomic mass is 35.5. The molecule has 1 aliphatic rings. The van der Waals surface area contributed by atoms with Gasteiger partial charge in [-0.3, -0.25) is 9.89 Å². The van der Waals surface area contributed by atoms with Gasteiger partial charge in [0.25, 0.3) is 5.91 Å². The van der Waals surface area contributed by atoms with Crippen LogP contribution in [0.2, 0.25) is 5.02 Å². The second-order valence-electron chi connectivity index (χ2n) is 10.1. The summed E-state index contributed by atoms with van der Waals surface area (Å²) >= 11 is 6.53. The number of hydrogen-bond donors (Lipinski definition) is 2. The minimum Gasteiger partial charge on any atom is -0.507 e. The van der Waals surface area contributed by atoms with Gasteiger partial charge in [-0.2, -0.15) is 5.10 Å². The first-order valence-electron chi connectivity index (χ1n) is 13.7. The van der Waals surface area contributed by atoms with Crippen molar-refractivity contribution in [3.8, 4) is 28.5 Å². The van der Waals surface area contributed by atoms with Crippen LogP contribution in [-0.2, 0) is 6.54 Å². The Labute approximate surface area is 239 Å². The summed E-state index contributed by atoms with van der Waals surface area (Å²) in [7, 11) is 0. The van der Waals surface area contributed by atoms with Gasteiger partial charge in [0.05, 0.1) is 19.3 Å². The highest BCUT2D eigenvalue weighted by Gasteiger charge is 2.43. The topological polar surface area (TPSA) is 87.7 Å². The summed E-state index contributed by atoms with van der Waals surface area (Å²) in [5, 5.41) is 19.1. The summed E-state index contributed by atoms with van der Waals surface area (Å²) < 4.78 is 12.0. The Bertz CT molecular complexity index is 1520. The number of rotatable bonds is 10. The Morgan fingerprint density at radius 1 is 1.05 bits per heavy atom. The maximum absolute atomic E-state index is 13.9. The molecular weight excluding hydrogens is 526 g/mol. The summed E-state index contributed by atoms with van der Waals surface area (Å²) in [5.74, 6) is 1.22. The molecule has 3 aromatic carbocycles. The van der Waals surface area contributed by atoms with Crippen molar-refractivity contribution in [2.24, 2.45) is 0 Å². The van der Waals surface area contributed by atoms with Crippen LogP contribution in [0.5, 0.6) is 17.2 Å². The molecule has 4 aromatic rings. The minimum absolute atomic E-state index is 0.122. The number of carbonyl (C=O) groups is 1. The molecule has 7 nitrogen and oxygen atoms in total. The fourth-order valence-electron chi connectivity index (χ4n) is 5.37. The lowest BCUT2D eigenvalue weighted by molar-refractivity contribution is 0.0730. The Balaban J connectivity index is 1.66. The zero-order valence-electron chi connectivity index (χ0n) is 23.3. The van der Waals surface area contributed by atoms with Crippen LogP contribution in [0.1, 0.15) is 71.0 Å². The Kier molecular flexibility index (Phi) is 8.03. The number of fused-ring (bicyclic) bond motifs is 1. The number of phenolic OH excluding ortho intramolecular Hbond substituents is 1. The van der Waals surface area contributed by atoms with Crippen molar-refractivity contribution in [3.63, 3.8) is 0 Å². The fourth-order valence-corrected chi connectivity index (χ4v) is 5.56. The predicted octanol–water partition coefficient (Wildman–Crippen LogP) is 7.38. The van der Waals surface area contributed by atoms with Gasteiger partial charge in [-0.1, -0.05) is 55.3 Å². The second-order valence-corrected chi connectivity index (χ2v) is 10.5. The van der Waals surface area contributed by atoms with E-state index in [9.17, 15) is 9.90 Å². The van der Waals surface area contributed by atoms with Gasteiger partial charge in [-0.15, -0.1) is 0 Å². The molecule has 1 aliphatic heterocycles. The maximum atomic E-state index is 13.9. The molecule has 1 unspecified atom stereocenters. The van der Waals surface area contributed by atoms with Gasteiger partial charge in [0, 0.05) is 22.7 Å². The highest BCUT2D eigenvalue weighted by Crippen LogP contribution is 2.47. The second kappa shape index (κ2) is 11.6. The molecule has 0 aliphatic carbocycles. The Morgan fingerprint density at radius 3 is 2.58 bits per heavy atom. The van der Waals surface area contributed by atoms with Crippen molar-refractivity contribution < 1.29 is 19.4 Å². The molecule has 0 spiro atoms. The molecule has 0 saturated carbocycles. The first kappa shape index (κ1) is 27.6. The summed E-state index contributed by atoms with van der Waals surface area (Å²) in [6.07, 6.45) is 1.97. The van der Waals surface area contributed by atoms with Crippen LogP contribution < -0.4 is 9.47 Å². The largest absolute Gasteiger partial charge is 0.507 e. The molecule has 0 saturated heterocycles. The van der Waals surface area contributed by atoms with E-state index in [0.717, 1.165) is 35.1 Å². The number of carbonyl (C=O) groups excluding carboxylic acids is 1. The Hall–Kier alpha value is -3.97. The van der Waals surface area contributed by atoms with Crippen LogP contribution in [-0.4, -0.2) is 39.3 Å². The normalized spacial score (nSPS) is 14.5. The number of unbranched alkanes of at least 4 members (excludes halogenated alkanes) is 1. The number of aromatic nitrogens is 2. The monoisotopic (exact) mass is 559 g/mol. The summed E-state index contributed by atoms with van der Waals surface area (Å²) in [5.41, 5.74) is 5.75. The van der Waals surface area contributed by atoms with Gasteiger partial charge in [0.15, 0.2) is 11.5 Å². The molecule has 1 aromatic heterocycles. The molecule has 0 fully saturated rings. The number of nitrogens with one attached hydrogen (secondary N) is 1. The van der Waals surface area contributed by atoms with E-state index in [1.807, 2.05) is 69.3 Å². The lowest BCUT2D eigenvalue weighted by Crippen LogP contribution is -2.29. The first-order chi connectivity index (χ1) is 19.3. The summed E-state index contributed by atoms with van der Waals surface area (Å²) in [6.45, 7) is 9.28. The lowest BCUT2D eigenvalue weighted by Gasteiger charge is -2.27. The third kappa shape index (κ3) is 5.13. The van der Waals surface area contributed by atoms with E-state index in [2.05, 4.69) is 17.1 Å². The molecule has 208 valence electrons. The molecule has 0 radical (unpaired) electrons. The van der Waals surface area contributed by atoms with Gasteiger partial charge in [0.2, 0.25) is 0 Å². The molecule has 2 heterocycles. The zero-order chi connectivity index (χ0) is 28.4. The summed E-state index contributed by atoms with van der Waals surface area (Å²) in [4.78, 5) is 15.7. The van der Waals surface area contributed by atoms with Crippen molar-refractivity contribution >= 4 is 17.5 Å². The molecule has 2 N–H and O–H groups in total. The zero-order valence-corrected chi connectivity index (χ0v) is 24.0. The number of halogens is 1. The standard InChI is InChI=1S/C32H34ClN3O4/c1-5-7-14-40-25-13-12-21(17-26(25)39-6-2)31-28-29(27-20(4)15-19(3)16-24(27)37)34-35-30(28)32(38)36(31)18-22-10-8-9-11-23(22)33/h8-13,15-17,31,37H,5-7,14,18H2,1-4H3,(H,34,35). The van der Waals surface area contributed by atoms with Gasteiger partial charge >= 0.3 is 0 Å². The molecule has 5 rings (SSSR count). The fraction of sp³-hybridized carbons (Fsp3) is 0.312. The van der Waals surface area contributed by atoms with Crippen LogP contribution in [0, 0.1) is 13.8 Å². The van der Waals surface area contributed by atoms with Crippen LogP contribution >= 0.6 is 11.6 Å². The maximum Gasteiger partial charge on any atom is 0.273 e. The number of phenols is 1. The van der Waals surface area contributed by atoms with Crippen LogP contribution in [0.4, 0.5) is 0 Å². The number of aromatic amines is 1. The summed E-state index contributed by atoms with van der Waals surface area (Å²) in [6, 6.07) is 16.5. The first-order valence-corrected chi connectivity index (χ1v) is 14.0. The van der Waals surface area contributed by atoms with Crippen molar-refractivity contribution in [2.45, 2.75) is 53.1 Å². The van der Waals surface area contributed by atoms with Crippen molar-refractivity contribution in [1.82, 2.24) is 15.1 Å². The number of nitrogens with zero attached hydrogens (tertiary/aromatic N) is 2. The molecule has 1 amide bonds. The van der Waals surface area contributed by atoms with Crippen molar-refractivity contribution in [3.05, 3.63) is 93.1 Å². The average Bonchev–Trinajstić information content (AvgIpc) is 3.45. The van der Waals surface area contributed by atoms with Gasteiger partial charge in [-0.05, 0) is 73.7 Å². The number of benzene rings is 3. The van der Waals surface area contributed by atoms with Crippen LogP contribution in [0.25, 0.3) is 11.3 Å². The SMILES string of the molecule is CCCCOc1ccc(C2c3c(-c4c(C)cc(C)cc4O)n[nH]c3C(=O)N2Cc2ccccc2Cl)cc1OCC. The van der Waals surface area contributed by atoms with Crippen LogP contribution in [0.3, 0.4) is 0 Å². The van der Waals surface area contributed by atoms with Crippen molar-refractivity contribution in [1.29, 1.82) is 0 Å². The van der Waals surface area contributed by atoms with Gasteiger partial charge in [0.1, 0.15) is 17.1 Å². The van der Waals surface area contributed by atoms with E-state index in [1.165, 1.54) is 0 Å². The van der Waals surface area contributed by atoms with E-state index >= 15 is 0 Å².